The molecule has 92 valence electrons. The van der Waals surface area contributed by atoms with Crippen LogP contribution in [0, 0.1) is 0 Å². The Kier molecular flexibility index (Phi) is 6.77. The lowest BCUT2D eigenvalue weighted by Crippen LogP contribution is -2.46. The summed E-state index contributed by atoms with van der Waals surface area (Å²) in [4.78, 5) is 0. The molecule has 0 rings (SSSR count). The van der Waals surface area contributed by atoms with E-state index in [0.717, 1.165) is 19.3 Å². The second kappa shape index (κ2) is 6.69. The summed E-state index contributed by atoms with van der Waals surface area (Å²) in [6.07, 6.45) is 3.48. The molecule has 0 amide bonds. The van der Waals surface area contributed by atoms with Crippen molar-refractivity contribution in [1.29, 1.82) is 0 Å². The van der Waals surface area contributed by atoms with Gasteiger partial charge in [0.05, 0.1) is 5.60 Å². The first-order valence-electron chi connectivity index (χ1n) is 6.77. The molecule has 0 saturated heterocycles. The lowest BCUT2D eigenvalue weighted by Gasteiger charge is -2.41. The van der Waals surface area contributed by atoms with E-state index in [0.29, 0.717) is 0 Å². The van der Waals surface area contributed by atoms with Crippen LogP contribution in [-0.4, -0.2) is 13.9 Å². The van der Waals surface area contributed by atoms with Crippen LogP contribution < -0.4 is 0 Å². The van der Waals surface area contributed by atoms with Crippen molar-refractivity contribution in [2.24, 2.45) is 0 Å². The van der Waals surface area contributed by atoms with Crippen LogP contribution in [0.3, 0.4) is 0 Å². The number of hydrogen-bond donors (Lipinski definition) is 0. The first kappa shape index (κ1) is 15.2. The van der Waals surface area contributed by atoms with Gasteiger partial charge in [-0.15, -0.1) is 0 Å². The normalized spacial score (nSPS) is 13.2. The van der Waals surface area contributed by atoms with Crippen molar-refractivity contribution in [2.45, 2.75) is 84.5 Å². The van der Waals surface area contributed by atoms with Crippen LogP contribution in [-0.2, 0) is 4.43 Å². The van der Waals surface area contributed by atoms with E-state index in [-0.39, 0.29) is 5.60 Å². The average molecular weight is 230 g/mol. The van der Waals surface area contributed by atoms with Crippen molar-refractivity contribution in [2.75, 3.05) is 0 Å². The Balaban J connectivity index is 4.74. The topological polar surface area (TPSA) is 9.23 Å². The van der Waals surface area contributed by atoms with Crippen molar-refractivity contribution in [3.63, 3.8) is 0 Å². The molecule has 0 fully saturated rings. The SMILES string of the molecule is CCC(CC)(CC)O[Si](CC)(CC)CC. The molecule has 1 nitrogen and oxygen atoms in total. The summed E-state index contributed by atoms with van der Waals surface area (Å²) in [7, 11) is -1.42. The summed E-state index contributed by atoms with van der Waals surface area (Å²) >= 11 is 0. The Hall–Kier alpha value is 0.177. The van der Waals surface area contributed by atoms with Crippen LogP contribution >= 0.6 is 0 Å². The fourth-order valence-electron chi connectivity index (χ4n) is 2.39. The lowest BCUT2D eigenvalue weighted by molar-refractivity contribution is 0.0436. The van der Waals surface area contributed by atoms with Crippen molar-refractivity contribution in [1.82, 2.24) is 0 Å². The van der Waals surface area contributed by atoms with Crippen LogP contribution in [0.4, 0.5) is 0 Å². The highest BCUT2D eigenvalue weighted by Crippen LogP contribution is 2.33. The second-order valence-electron chi connectivity index (χ2n) is 4.59. The third-order valence-electron chi connectivity index (χ3n) is 4.30. The van der Waals surface area contributed by atoms with Crippen LogP contribution in [0.2, 0.25) is 18.1 Å². The van der Waals surface area contributed by atoms with Gasteiger partial charge in [-0.1, -0.05) is 41.5 Å². The summed E-state index contributed by atoms with van der Waals surface area (Å²) < 4.78 is 6.66. The first-order chi connectivity index (χ1) is 7.07. The largest absolute Gasteiger partial charge is 0.411 e. The van der Waals surface area contributed by atoms with Gasteiger partial charge in [-0.2, -0.15) is 0 Å². The van der Waals surface area contributed by atoms with Gasteiger partial charge in [-0.25, -0.2) is 0 Å². The summed E-state index contributed by atoms with van der Waals surface area (Å²) in [6.45, 7) is 13.7. The zero-order valence-corrected chi connectivity index (χ0v) is 12.7. The van der Waals surface area contributed by atoms with Crippen molar-refractivity contribution in [3.05, 3.63) is 0 Å². The van der Waals surface area contributed by atoms with E-state index in [9.17, 15) is 0 Å². The third-order valence-corrected chi connectivity index (χ3v) is 9.03. The monoisotopic (exact) mass is 230 g/mol. The van der Waals surface area contributed by atoms with Gasteiger partial charge in [0.15, 0.2) is 8.32 Å². The molecule has 0 radical (unpaired) electrons. The molecule has 0 N–H and O–H groups in total. The molecule has 0 aromatic heterocycles. The zero-order valence-electron chi connectivity index (χ0n) is 11.7. The van der Waals surface area contributed by atoms with Crippen molar-refractivity contribution >= 4 is 8.32 Å². The van der Waals surface area contributed by atoms with Gasteiger partial charge in [-0.05, 0) is 37.4 Å². The summed E-state index contributed by atoms with van der Waals surface area (Å²) in [6, 6.07) is 3.80. The van der Waals surface area contributed by atoms with E-state index >= 15 is 0 Å². The Morgan fingerprint density at radius 2 is 1.07 bits per heavy atom. The van der Waals surface area contributed by atoms with Gasteiger partial charge < -0.3 is 4.43 Å². The van der Waals surface area contributed by atoms with E-state index in [4.69, 9.17) is 4.43 Å². The van der Waals surface area contributed by atoms with Crippen LogP contribution in [0.5, 0.6) is 0 Å². The quantitative estimate of drug-likeness (QED) is 0.535. The Morgan fingerprint density at radius 3 is 1.27 bits per heavy atom. The molecule has 0 aliphatic rings. The van der Waals surface area contributed by atoms with Crippen LogP contribution in [0.25, 0.3) is 0 Å². The lowest BCUT2D eigenvalue weighted by atomic mass is 9.95. The maximum absolute atomic E-state index is 6.66. The minimum Gasteiger partial charge on any atom is -0.411 e. The number of hydrogen-bond acceptors (Lipinski definition) is 1. The molecule has 0 atom stereocenters. The third kappa shape index (κ3) is 3.60. The molecule has 2 heteroatoms. The molecule has 0 heterocycles. The zero-order chi connectivity index (χ0) is 11.9. The maximum Gasteiger partial charge on any atom is 0.192 e. The standard InChI is InChI=1S/C13H30OSi/c1-7-13(8-2,9-3)14-15(10-4,11-5)12-6/h7-12H2,1-6H3. The smallest absolute Gasteiger partial charge is 0.192 e. The molecule has 0 aromatic carbocycles. The highest BCUT2D eigenvalue weighted by atomic mass is 28.4. The van der Waals surface area contributed by atoms with Gasteiger partial charge >= 0.3 is 0 Å². The molecule has 15 heavy (non-hydrogen) atoms. The van der Waals surface area contributed by atoms with E-state index in [1.165, 1.54) is 18.1 Å². The van der Waals surface area contributed by atoms with E-state index < -0.39 is 8.32 Å². The fraction of sp³-hybridized carbons (Fsp3) is 1.00. The predicted molar refractivity (Wildman–Crippen MR) is 71.9 cm³/mol. The summed E-state index contributed by atoms with van der Waals surface area (Å²) in [5, 5.41) is 0. The van der Waals surface area contributed by atoms with Crippen molar-refractivity contribution < 1.29 is 4.43 Å². The molecule has 0 spiro atoms. The molecule has 0 aliphatic heterocycles. The Bertz CT molecular complexity index is 125. The van der Waals surface area contributed by atoms with Gasteiger partial charge in [-0.3, -0.25) is 0 Å². The van der Waals surface area contributed by atoms with E-state index in [1.807, 2.05) is 0 Å². The Morgan fingerprint density at radius 1 is 0.733 bits per heavy atom. The molecule has 0 aromatic rings. The molecule has 0 bridgehead atoms. The first-order valence-corrected chi connectivity index (χ1v) is 9.30. The van der Waals surface area contributed by atoms with Crippen LogP contribution in [0.15, 0.2) is 0 Å². The average Bonchev–Trinajstić information content (AvgIpc) is 2.33. The van der Waals surface area contributed by atoms with Crippen LogP contribution in [0.1, 0.15) is 60.8 Å². The summed E-state index contributed by atoms with van der Waals surface area (Å²) in [5.74, 6) is 0. The van der Waals surface area contributed by atoms with E-state index in [1.54, 1.807) is 0 Å². The molecule has 0 saturated carbocycles. The summed E-state index contributed by atoms with van der Waals surface area (Å²) in [5.41, 5.74) is 0.175. The predicted octanol–water partition coefficient (Wildman–Crippen LogP) is 4.98. The minimum atomic E-state index is -1.42. The molecular weight excluding hydrogens is 200 g/mol. The van der Waals surface area contributed by atoms with Gasteiger partial charge in [0.25, 0.3) is 0 Å². The number of rotatable bonds is 8. The van der Waals surface area contributed by atoms with Crippen molar-refractivity contribution in [3.8, 4) is 0 Å². The minimum absolute atomic E-state index is 0.175. The highest BCUT2D eigenvalue weighted by molar-refractivity contribution is 6.73. The van der Waals surface area contributed by atoms with Gasteiger partial charge in [0.1, 0.15) is 0 Å². The highest BCUT2D eigenvalue weighted by Gasteiger charge is 2.37. The van der Waals surface area contributed by atoms with Gasteiger partial charge in [0, 0.05) is 0 Å². The van der Waals surface area contributed by atoms with E-state index in [2.05, 4.69) is 41.5 Å². The Labute approximate surface area is 97.7 Å². The molecule has 0 unspecified atom stereocenters. The second-order valence-corrected chi connectivity index (χ2v) is 9.28. The molecule has 0 aliphatic carbocycles. The fourth-order valence-corrected chi connectivity index (χ4v) is 5.68. The maximum atomic E-state index is 6.66. The molecular formula is C13H30OSi. The van der Waals surface area contributed by atoms with Gasteiger partial charge in [0.2, 0.25) is 0 Å².